The molecule has 1 heterocycles. The zero-order chi connectivity index (χ0) is 8.81. The molecule has 0 saturated heterocycles. The molecule has 2 unspecified atom stereocenters. The van der Waals surface area contributed by atoms with Crippen molar-refractivity contribution in [3.8, 4) is 0 Å². The smallest absolute Gasteiger partial charge is 0.146 e. The predicted octanol–water partition coefficient (Wildman–Crippen LogP) is 2.53. The average molecular weight is 165 g/mol. The zero-order valence-corrected chi connectivity index (χ0v) is 7.60. The van der Waals surface area contributed by atoms with Gasteiger partial charge in [-0.1, -0.05) is 37.2 Å². The van der Waals surface area contributed by atoms with Gasteiger partial charge in [0, 0.05) is 12.3 Å². The van der Waals surface area contributed by atoms with Crippen molar-refractivity contribution in [3.63, 3.8) is 0 Å². The number of nitrogens with zero attached hydrogens (tertiary/aromatic N) is 1. The van der Waals surface area contributed by atoms with Gasteiger partial charge in [0.05, 0.1) is 6.21 Å². The van der Waals surface area contributed by atoms with E-state index in [1.165, 1.54) is 0 Å². The van der Waals surface area contributed by atoms with Crippen LogP contribution in [0.15, 0.2) is 29.5 Å². The minimum atomic E-state index is 0.199. The summed E-state index contributed by atoms with van der Waals surface area (Å²) in [4.78, 5) is 5.07. The topological polar surface area (TPSA) is 21.6 Å². The fourth-order valence-electron chi connectivity index (χ4n) is 1.20. The first-order chi connectivity index (χ1) is 5.95. The second-order valence-electron chi connectivity index (χ2n) is 2.57. The average Bonchev–Trinajstić information content (AvgIpc) is 2.31. The van der Waals surface area contributed by atoms with Gasteiger partial charge in [0.1, 0.15) is 6.10 Å². The number of allylic oxidation sites excluding steroid dienone is 3. The molecule has 1 aliphatic carbocycles. The van der Waals surface area contributed by atoms with Gasteiger partial charge >= 0.3 is 0 Å². The van der Waals surface area contributed by atoms with Crippen LogP contribution in [0, 0.1) is 5.92 Å². The Bertz CT molecular complexity index is 206. The van der Waals surface area contributed by atoms with Crippen LogP contribution in [0.5, 0.6) is 0 Å². The summed E-state index contributed by atoms with van der Waals surface area (Å²) in [5.41, 5.74) is 0. The van der Waals surface area contributed by atoms with Crippen LogP contribution in [0.25, 0.3) is 0 Å². The second-order valence-corrected chi connectivity index (χ2v) is 2.57. The van der Waals surface area contributed by atoms with Crippen molar-refractivity contribution < 1.29 is 4.84 Å². The molecule has 0 aromatic heterocycles. The molecule has 12 heavy (non-hydrogen) atoms. The van der Waals surface area contributed by atoms with Gasteiger partial charge in [-0.3, -0.25) is 0 Å². The fourth-order valence-corrected chi connectivity index (χ4v) is 1.20. The largest absolute Gasteiger partial charge is 0.389 e. The molecule has 0 aromatic carbocycles. The molecular weight excluding hydrogens is 150 g/mol. The first-order valence-electron chi connectivity index (χ1n) is 4.49. The molecule has 0 spiro atoms. The Labute approximate surface area is 73.6 Å². The normalized spacial score (nSPS) is 29.8. The lowest BCUT2D eigenvalue weighted by Gasteiger charge is -2.17. The number of hydrogen-bond acceptors (Lipinski definition) is 2. The molecule has 2 aliphatic rings. The molecule has 0 saturated carbocycles. The quantitative estimate of drug-likeness (QED) is 0.540. The lowest BCUT2D eigenvalue weighted by molar-refractivity contribution is 0.0725. The van der Waals surface area contributed by atoms with Gasteiger partial charge in [0.15, 0.2) is 0 Å². The van der Waals surface area contributed by atoms with Crippen molar-refractivity contribution in [2.24, 2.45) is 11.1 Å². The van der Waals surface area contributed by atoms with Gasteiger partial charge in [-0.25, -0.2) is 0 Å². The maximum Gasteiger partial charge on any atom is 0.146 e. The molecule has 2 bridgehead atoms. The fraction of sp³-hybridized carbons (Fsp3) is 0.500. The number of fused-ring (bicyclic) bond motifs is 2. The highest BCUT2D eigenvalue weighted by molar-refractivity contribution is 5.63. The maximum absolute atomic E-state index is 5.07. The van der Waals surface area contributed by atoms with Crippen molar-refractivity contribution >= 4 is 6.21 Å². The van der Waals surface area contributed by atoms with Crippen LogP contribution < -0.4 is 0 Å². The molecule has 0 radical (unpaired) electrons. The lowest BCUT2D eigenvalue weighted by atomic mass is 10.0. The van der Waals surface area contributed by atoms with Gasteiger partial charge in [0.25, 0.3) is 0 Å². The molecule has 0 aromatic rings. The lowest BCUT2D eigenvalue weighted by Crippen LogP contribution is -2.17. The summed E-state index contributed by atoms with van der Waals surface area (Å²) >= 11 is 0. The van der Waals surface area contributed by atoms with Crippen LogP contribution in [0.3, 0.4) is 0 Å². The Morgan fingerprint density at radius 1 is 1.25 bits per heavy atom. The molecule has 0 N–H and O–H groups in total. The third-order valence-electron chi connectivity index (χ3n) is 1.75. The third kappa shape index (κ3) is 2.22. The van der Waals surface area contributed by atoms with Gasteiger partial charge in [-0.05, 0) is 6.08 Å². The molecule has 2 rings (SSSR count). The summed E-state index contributed by atoms with van der Waals surface area (Å²) in [6.07, 6.45) is 11.3. The van der Waals surface area contributed by atoms with E-state index < -0.39 is 0 Å². The second kappa shape index (κ2) is 4.75. The van der Waals surface area contributed by atoms with E-state index in [1.807, 2.05) is 38.3 Å². The van der Waals surface area contributed by atoms with Crippen molar-refractivity contribution in [2.45, 2.75) is 26.4 Å². The maximum atomic E-state index is 5.07. The minimum Gasteiger partial charge on any atom is -0.389 e. The Balaban J connectivity index is 0.000000336. The van der Waals surface area contributed by atoms with Gasteiger partial charge in [-0.2, -0.15) is 0 Å². The van der Waals surface area contributed by atoms with Crippen LogP contribution in [0.4, 0.5) is 0 Å². The van der Waals surface area contributed by atoms with Gasteiger partial charge in [-0.15, -0.1) is 0 Å². The highest BCUT2D eigenvalue weighted by Crippen LogP contribution is 2.18. The summed E-state index contributed by atoms with van der Waals surface area (Å²) in [6.45, 7) is 4.00. The monoisotopic (exact) mass is 165 g/mol. The van der Waals surface area contributed by atoms with Crippen LogP contribution in [0.1, 0.15) is 20.3 Å². The number of hydrogen-bond donors (Lipinski definition) is 0. The molecule has 2 heteroatoms. The highest BCUT2D eigenvalue weighted by Gasteiger charge is 2.17. The number of oxime groups is 1. The van der Waals surface area contributed by atoms with E-state index in [9.17, 15) is 0 Å². The standard InChI is InChI=1S/C8H9NO.C2H6/c1-2-4-8-5-7(3-1)6-9-10-8;1-2/h1-4,6-8H,5H2;1-2H3. The Hall–Kier alpha value is -1.05. The van der Waals surface area contributed by atoms with Crippen molar-refractivity contribution in [2.75, 3.05) is 0 Å². The summed E-state index contributed by atoms with van der Waals surface area (Å²) in [7, 11) is 0. The van der Waals surface area contributed by atoms with E-state index in [0.29, 0.717) is 5.92 Å². The summed E-state index contributed by atoms with van der Waals surface area (Å²) in [5.74, 6) is 0.480. The van der Waals surface area contributed by atoms with E-state index in [1.54, 1.807) is 0 Å². The van der Waals surface area contributed by atoms with Crippen LogP contribution in [0.2, 0.25) is 0 Å². The van der Waals surface area contributed by atoms with E-state index in [0.717, 1.165) is 6.42 Å². The first-order valence-corrected chi connectivity index (χ1v) is 4.49. The molecular formula is C10H15NO. The van der Waals surface area contributed by atoms with Crippen molar-refractivity contribution in [1.82, 2.24) is 0 Å². The van der Waals surface area contributed by atoms with Crippen LogP contribution in [-0.4, -0.2) is 12.3 Å². The molecule has 66 valence electrons. The molecule has 0 fully saturated rings. The first kappa shape index (κ1) is 9.04. The minimum absolute atomic E-state index is 0.199. The van der Waals surface area contributed by atoms with Crippen LogP contribution in [-0.2, 0) is 4.84 Å². The Kier molecular flexibility index (Phi) is 3.58. The van der Waals surface area contributed by atoms with E-state index in [-0.39, 0.29) is 6.10 Å². The summed E-state index contributed by atoms with van der Waals surface area (Å²) in [6, 6.07) is 0. The Morgan fingerprint density at radius 3 is 2.83 bits per heavy atom. The Morgan fingerprint density at radius 2 is 2.00 bits per heavy atom. The number of rotatable bonds is 0. The molecule has 0 amide bonds. The summed E-state index contributed by atoms with van der Waals surface area (Å²) < 4.78 is 0. The third-order valence-corrected chi connectivity index (χ3v) is 1.75. The molecule has 1 aliphatic heterocycles. The SMILES string of the molecule is C1=CC2C=NOC(C=C1)C2.CC. The highest BCUT2D eigenvalue weighted by atomic mass is 16.6. The van der Waals surface area contributed by atoms with E-state index in [4.69, 9.17) is 4.84 Å². The van der Waals surface area contributed by atoms with Crippen LogP contribution >= 0.6 is 0 Å². The zero-order valence-electron chi connectivity index (χ0n) is 7.60. The van der Waals surface area contributed by atoms with E-state index in [2.05, 4.69) is 11.2 Å². The van der Waals surface area contributed by atoms with Gasteiger partial charge in [0.2, 0.25) is 0 Å². The predicted molar refractivity (Wildman–Crippen MR) is 51.1 cm³/mol. The van der Waals surface area contributed by atoms with E-state index >= 15 is 0 Å². The van der Waals surface area contributed by atoms with Crippen molar-refractivity contribution in [1.29, 1.82) is 0 Å². The molecule has 2 atom stereocenters. The van der Waals surface area contributed by atoms with Gasteiger partial charge < -0.3 is 4.84 Å². The molecule has 2 nitrogen and oxygen atoms in total. The summed E-state index contributed by atoms with van der Waals surface area (Å²) in [5, 5.41) is 3.79. The van der Waals surface area contributed by atoms with Crippen molar-refractivity contribution in [3.05, 3.63) is 24.3 Å².